The number of nitrogens with zero attached hydrogens (tertiary/aromatic N) is 2. The number of halogens is 2. The summed E-state index contributed by atoms with van der Waals surface area (Å²) in [7, 11) is 0. The topological polar surface area (TPSA) is 97.1 Å². The summed E-state index contributed by atoms with van der Waals surface area (Å²) in [6, 6.07) is 14.2. The number of aromatic nitrogens is 2. The van der Waals surface area contributed by atoms with Crippen LogP contribution in [0.25, 0.3) is 11.5 Å². The summed E-state index contributed by atoms with van der Waals surface area (Å²) in [5, 5.41) is 13.9. The fourth-order valence-corrected chi connectivity index (χ4v) is 3.29. The molecule has 10 heteroatoms. The summed E-state index contributed by atoms with van der Waals surface area (Å²) in [6.07, 6.45) is 0. The lowest BCUT2D eigenvalue weighted by Crippen LogP contribution is -2.33. The number of thioether (sulfide) groups is 1. The molecule has 28 heavy (non-hydrogen) atoms. The van der Waals surface area contributed by atoms with Gasteiger partial charge in [0.15, 0.2) is 0 Å². The van der Waals surface area contributed by atoms with Crippen LogP contribution < -0.4 is 10.6 Å². The number of hydrogen-bond acceptors (Lipinski definition) is 6. The molecule has 0 aliphatic heterocycles. The molecule has 2 amide bonds. The molecule has 0 spiro atoms. The second kappa shape index (κ2) is 9.72. The van der Waals surface area contributed by atoms with Crippen molar-refractivity contribution in [2.75, 3.05) is 17.6 Å². The molecule has 1 aromatic heterocycles. The molecule has 0 saturated heterocycles. The van der Waals surface area contributed by atoms with E-state index >= 15 is 0 Å². The Morgan fingerprint density at radius 1 is 1.11 bits per heavy atom. The summed E-state index contributed by atoms with van der Waals surface area (Å²) in [6.45, 7) is -0.141. The molecule has 144 valence electrons. The third-order valence-electron chi connectivity index (χ3n) is 3.40. The number of anilines is 1. The molecule has 0 aliphatic rings. The summed E-state index contributed by atoms with van der Waals surface area (Å²) in [5.41, 5.74) is 1.33. The van der Waals surface area contributed by atoms with Crippen LogP contribution in [0.15, 0.2) is 62.6 Å². The van der Waals surface area contributed by atoms with Gasteiger partial charge in [-0.3, -0.25) is 9.59 Å². The van der Waals surface area contributed by atoms with Crippen molar-refractivity contribution in [1.29, 1.82) is 0 Å². The second-order valence-corrected chi connectivity index (χ2v) is 7.69. The first kappa shape index (κ1) is 20.4. The lowest BCUT2D eigenvalue weighted by atomic mass is 10.2. The van der Waals surface area contributed by atoms with Crippen molar-refractivity contribution in [3.8, 4) is 11.5 Å². The van der Waals surface area contributed by atoms with Gasteiger partial charge in [-0.05, 0) is 46.3 Å². The average molecular weight is 482 g/mol. The van der Waals surface area contributed by atoms with Crippen LogP contribution in [-0.2, 0) is 9.59 Å². The normalized spacial score (nSPS) is 10.5. The van der Waals surface area contributed by atoms with Crippen LogP contribution in [-0.4, -0.2) is 34.3 Å². The lowest BCUT2D eigenvalue weighted by molar-refractivity contribution is -0.122. The Labute approximate surface area is 178 Å². The maximum Gasteiger partial charge on any atom is 0.277 e. The largest absolute Gasteiger partial charge is 0.411 e. The van der Waals surface area contributed by atoms with Crippen molar-refractivity contribution in [2.24, 2.45) is 0 Å². The first-order chi connectivity index (χ1) is 13.5. The van der Waals surface area contributed by atoms with Crippen molar-refractivity contribution < 1.29 is 14.0 Å². The second-order valence-electron chi connectivity index (χ2n) is 5.48. The van der Waals surface area contributed by atoms with E-state index in [1.54, 1.807) is 36.4 Å². The third kappa shape index (κ3) is 5.82. The number of hydrogen-bond donors (Lipinski definition) is 2. The zero-order valence-corrected chi connectivity index (χ0v) is 17.5. The quantitative estimate of drug-likeness (QED) is 0.495. The molecule has 1 heterocycles. The van der Waals surface area contributed by atoms with Crippen LogP contribution in [0.2, 0.25) is 5.02 Å². The van der Waals surface area contributed by atoms with E-state index in [4.69, 9.17) is 16.0 Å². The molecule has 0 atom stereocenters. The highest BCUT2D eigenvalue weighted by atomic mass is 79.9. The maximum absolute atomic E-state index is 11.9. The van der Waals surface area contributed by atoms with E-state index in [1.807, 2.05) is 12.1 Å². The Balaban J connectivity index is 1.44. The number of benzene rings is 2. The Morgan fingerprint density at radius 2 is 1.93 bits per heavy atom. The van der Waals surface area contributed by atoms with Gasteiger partial charge in [-0.2, -0.15) is 0 Å². The van der Waals surface area contributed by atoms with E-state index in [-0.39, 0.29) is 29.3 Å². The summed E-state index contributed by atoms with van der Waals surface area (Å²) in [5.74, 6) is -0.293. The van der Waals surface area contributed by atoms with E-state index in [0.29, 0.717) is 22.2 Å². The predicted molar refractivity (Wildman–Crippen MR) is 111 cm³/mol. The monoisotopic (exact) mass is 480 g/mol. The predicted octanol–water partition coefficient (Wildman–Crippen LogP) is 4.00. The standard InChI is InChI=1S/C18H14BrClN4O3S/c19-13-6-1-2-7-14(13)22-15(25)9-21-16(26)10-28-18-24-23-17(27-18)11-4-3-5-12(20)8-11/h1-8H,9-10H2,(H,21,26)(H,22,25). The van der Waals surface area contributed by atoms with Gasteiger partial charge in [-0.15, -0.1) is 10.2 Å². The van der Waals surface area contributed by atoms with Gasteiger partial charge in [-0.1, -0.05) is 41.6 Å². The Morgan fingerprint density at radius 3 is 2.71 bits per heavy atom. The molecule has 0 fully saturated rings. The molecule has 0 saturated carbocycles. The number of nitrogens with one attached hydrogen (secondary N) is 2. The molecular formula is C18H14BrClN4O3S. The van der Waals surface area contributed by atoms with Gasteiger partial charge in [0.05, 0.1) is 18.0 Å². The van der Waals surface area contributed by atoms with Gasteiger partial charge in [0.1, 0.15) is 0 Å². The molecular weight excluding hydrogens is 468 g/mol. The van der Waals surface area contributed by atoms with Crippen LogP contribution in [0.5, 0.6) is 0 Å². The van der Waals surface area contributed by atoms with E-state index < -0.39 is 0 Å². The molecule has 0 aliphatic carbocycles. The smallest absolute Gasteiger partial charge is 0.277 e. The maximum atomic E-state index is 11.9. The van der Waals surface area contributed by atoms with Gasteiger partial charge in [0.25, 0.3) is 5.22 Å². The molecule has 7 nitrogen and oxygen atoms in total. The van der Waals surface area contributed by atoms with Crippen LogP contribution >= 0.6 is 39.3 Å². The highest BCUT2D eigenvalue weighted by Gasteiger charge is 2.12. The van der Waals surface area contributed by atoms with Crippen molar-refractivity contribution in [3.63, 3.8) is 0 Å². The minimum atomic E-state index is -0.328. The number of carbonyl (C=O) groups is 2. The molecule has 0 bridgehead atoms. The molecule has 0 unspecified atom stereocenters. The average Bonchev–Trinajstić information content (AvgIpc) is 3.16. The number of para-hydroxylation sites is 1. The highest BCUT2D eigenvalue weighted by Crippen LogP contribution is 2.25. The minimum absolute atomic E-state index is 0.0412. The molecule has 2 aromatic carbocycles. The van der Waals surface area contributed by atoms with Gasteiger partial charge in [0.2, 0.25) is 17.7 Å². The first-order valence-electron chi connectivity index (χ1n) is 8.04. The number of rotatable bonds is 7. The molecule has 3 rings (SSSR count). The van der Waals surface area contributed by atoms with E-state index in [9.17, 15) is 9.59 Å². The first-order valence-corrected chi connectivity index (χ1v) is 10.2. The third-order valence-corrected chi connectivity index (χ3v) is 5.14. The summed E-state index contributed by atoms with van der Waals surface area (Å²) >= 11 is 10.4. The van der Waals surface area contributed by atoms with Gasteiger partial charge in [-0.25, -0.2) is 0 Å². The van der Waals surface area contributed by atoms with Gasteiger partial charge >= 0.3 is 0 Å². The summed E-state index contributed by atoms with van der Waals surface area (Å²) in [4.78, 5) is 23.9. The fraction of sp³-hybridized carbons (Fsp3) is 0.111. The van der Waals surface area contributed by atoms with Crippen LogP contribution in [0.1, 0.15) is 0 Å². The van der Waals surface area contributed by atoms with Crippen LogP contribution in [0.4, 0.5) is 5.69 Å². The molecule has 3 aromatic rings. The Kier molecular flexibility index (Phi) is 7.07. The van der Waals surface area contributed by atoms with Gasteiger partial charge < -0.3 is 15.1 Å². The van der Waals surface area contributed by atoms with E-state index in [1.165, 1.54) is 0 Å². The Hall–Kier alpha value is -2.36. The molecule has 2 N–H and O–H groups in total. The van der Waals surface area contributed by atoms with Crippen molar-refractivity contribution in [2.45, 2.75) is 5.22 Å². The van der Waals surface area contributed by atoms with Crippen molar-refractivity contribution in [3.05, 3.63) is 58.0 Å². The minimum Gasteiger partial charge on any atom is -0.411 e. The zero-order chi connectivity index (χ0) is 19.9. The Bertz CT molecular complexity index is 998. The fourth-order valence-electron chi connectivity index (χ4n) is 2.12. The van der Waals surface area contributed by atoms with Gasteiger partial charge in [0, 0.05) is 15.1 Å². The SMILES string of the molecule is O=C(CSc1nnc(-c2cccc(Cl)c2)o1)NCC(=O)Nc1ccccc1Br. The number of carbonyl (C=O) groups excluding carboxylic acids is 2. The van der Waals surface area contributed by atoms with E-state index in [2.05, 4.69) is 36.8 Å². The van der Waals surface area contributed by atoms with Crippen LogP contribution in [0.3, 0.4) is 0 Å². The van der Waals surface area contributed by atoms with Crippen molar-refractivity contribution in [1.82, 2.24) is 15.5 Å². The lowest BCUT2D eigenvalue weighted by Gasteiger charge is -2.07. The summed E-state index contributed by atoms with van der Waals surface area (Å²) < 4.78 is 6.27. The van der Waals surface area contributed by atoms with Crippen molar-refractivity contribution >= 4 is 56.8 Å². The van der Waals surface area contributed by atoms with E-state index in [0.717, 1.165) is 16.2 Å². The zero-order valence-electron chi connectivity index (χ0n) is 14.3. The number of amides is 2. The molecule has 0 radical (unpaired) electrons. The van der Waals surface area contributed by atoms with Crippen LogP contribution in [0, 0.1) is 0 Å². The highest BCUT2D eigenvalue weighted by molar-refractivity contribution is 9.10.